The molecule has 1 aliphatic heterocycles. The monoisotopic (exact) mass is 217 g/mol. The van der Waals surface area contributed by atoms with Gasteiger partial charge >= 0.3 is 0 Å². The minimum atomic E-state index is -0.195. The maximum atomic E-state index is 9.01. The van der Waals surface area contributed by atoms with Crippen LogP contribution in [0.3, 0.4) is 0 Å². The fourth-order valence-electron chi connectivity index (χ4n) is 1.98. The summed E-state index contributed by atoms with van der Waals surface area (Å²) in [6.07, 6.45) is 2.09. The van der Waals surface area contributed by atoms with Gasteiger partial charge in [0.2, 0.25) is 0 Å². The second-order valence-corrected chi connectivity index (χ2v) is 6.09. The van der Waals surface area contributed by atoms with Gasteiger partial charge in [0.1, 0.15) is 0 Å². The normalized spacial score (nSPS) is 19.7. The quantitative estimate of drug-likeness (QED) is 0.755. The summed E-state index contributed by atoms with van der Waals surface area (Å²) in [5, 5.41) is 9.59. The highest BCUT2D eigenvalue weighted by atomic mass is 32.2. The van der Waals surface area contributed by atoms with Crippen LogP contribution in [0.25, 0.3) is 0 Å². The number of hydrogen-bond donors (Lipinski definition) is 0. The van der Waals surface area contributed by atoms with Gasteiger partial charge < -0.3 is 0 Å². The van der Waals surface area contributed by atoms with Crippen LogP contribution >= 0.6 is 11.8 Å². The second-order valence-electron chi connectivity index (χ2n) is 4.75. The third-order valence-corrected chi connectivity index (χ3v) is 4.07. The van der Waals surface area contributed by atoms with Gasteiger partial charge in [-0.15, -0.1) is 11.8 Å². The molecule has 0 amide bonds. The van der Waals surface area contributed by atoms with E-state index in [0.29, 0.717) is 5.25 Å². The zero-order valence-corrected chi connectivity index (χ0v) is 9.97. The van der Waals surface area contributed by atoms with E-state index in [9.17, 15) is 0 Å². The predicted octanol–water partition coefficient (Wildman–Crippen LogP) is 3.64. The summed E-state index contributed by atoms with van der Waals surface area (Å²) in [7, 11) is 0. The molecule has 1 heterocycles. The zero-order chi connectivity index (χ0) is 10.9. The smallest absolute Gasteiger partial charge is 0.0684 e. The van der Waals surface area contributed by atoms with Crippen molar-refractivity contribution in [3.63, 3.8) is 0 Å². The van der Waals surface area contributed by atoms with Gasteiger partial charge in [0.05, 0.1) is 11.5 Å². The molecular weight excluding hydrogens is 202 g/mol. The Bertz CT molecular complexity index is 378. The molecule has 0 saturated heterocycles. The maximum Gasteiger partial charge on any atom is 0.0684 e. The van der Waals surface area contributed by atoms with E-state index in [2.05, 4.69) is 30.3 Å². The summed E-state index contributed by atoms with van der Waals surface area (Å²) in [5.74, 6) is 0. The second kappa shape index (κ2) is 3.90. The molecule has 2 heteroatoms. The van der Waals surface area contributed by atoms with Gasteiger partial charge in [0.25, 0.3) is 0 Å². The number of nitrogens with zero attached hydrogens (tertiary/aromatic N) is 1. The molecule has 0 fully saturated rings. The van der Waals surface area contributed by atoms with E-state index >= 15 is 0 Å². The molecule has 0 aromatic heterocycles. The van der Waals surface area contributed by atoms with E-state index in [-0.39, 0.29) is 5.41 Å². The largest absolute Gasteiger partial charge is 0.198 e. The van der Waals surface area contributed by atoms with E-state index in [1.807, 2.05) is 25.6 Å². The van der Waals surface area contributed by atoms with Gasteiger partial charge in [-0.3, -0.25) is 0 Å². The molecule has 1 unspecified atom stereocenters. The van der Waals surface area contributed by atoms with Gasteiger partial charge in [0, 0.05) is 10.1 Å². The lowest BCUT2D eigenvalue weighted by molar-refractivity contribution is 0.444. The first-order valence-electron chi connectivity index (χ1n) is 5.26. The van der Waals surface area contributed by atoms with Gasteiger partial charge in [-0.1, -0.05) is 18.2 Å². The van der Waals surface area contributed by atoms with Crippen molar-refractivity contribution in [1.29, 1.82) is 5.26 Å². The maximum absolute atomic E-state index is 9.01. The first kappa shape index (κ1) is 10.6. The Morgan fingerprint density at radius 3 is 2.87 bits per heavy atom. The summed E-state index contributed by atoms with van der Waals surface area (Å²) in [5.41, 5.74) is 1.25. The lowest BCUT2D eigenvalue weighted by Crippen LogP contribution is -2.16. The number of fused-ring (bicyclic) bond motifs is 1. The SMILES string of the molecule is CC(C)(C#N)CC1Cc2ccccc2S1. The van der Waals surface area contributed by atoms with E-state index in [1.54, 1.807) is 0 Å². The summed E-state index contributed by atoms with van der Waals surface area (Å²) in [4.78, 5) is 1.40. The Morgan fingerprint density at radius 2 is 2.20 bits per heavy atom. The molecule has 1 atom stereocenters. The Labute approximate surface area is 95.5 Å². The van der Waals surface area contributed by atoms with Crippen LogP contribution in [0.2, 0.25) is 0 Å². The van der Waals surface area contributed by atoms with Crippen molar-refractivity contribution < 1.29 is 0 Å². The standard InChI is InChI=1S/C13H15NS/c1-13(2,9-14)8-11-7-10-5-3-4-6-12(10)15-11/h3-6,11H,7-8H2,1-2H3. The third kappa shape index (κ3) is 2.35. The predicted molar refractivity (Wildman–Crippen MR) is 63.8 cm³/mol. The van der Waals surface area contributed by atoms with E-state index in [4.69, 9.17) is 5.26 Å². The third-order valence-electron chi connectivity index (χ3n) is 2.75. The molecule has 0 saturated carbocycles. The van der Waals surface area contributed by atoms with Crippen molar-refractivity contribution in [2.24, 2.45) is 5.41 Å². The van der Waals surface area contributed by atoms with Crippen molar-refractivity contribution >= 4 is 11.8 Å². The molecule has 0 aliphatic carbocycles. The molecule has 2 rings (SSSR count). The number of thioether (sulfide) groups is 1. The lowest BCUT2D eigenvalue weighted by atomic mass is 9.88. The molecule has 15 heavy (non-hydrogen) atoms. The minimum absolute atomic E-state index is 0.195. The summed E-state index contributed by atoms with van der Waals surface area (Å²) >= 11 is 1.93. The number of nitriles is 1. The fraction of sp³-hybridized carbons (Fsp3) is 0.462. The van der Waals surface area contributed by atoms with E-state index < -0.39 is 0 Å². The van der Waals surface area contributed by atoms with Gasteiger partial charge in [0.15, 0.2) is 0 Å². The van der Waals surface area contributed by atoms with Crippen LogP contribution < -0.4 is 0 Å². The average Bonchev–Trinajstić information content (AvgIpc) is 2.58. The molecule has 0 bridgehead atoms. The van der Waals surface area contributed by atoms with Crippen LogP contribution in [0.1, 0.15) is 25.8 Å². The molecule has 1 aliphatic rings. The highest BCUT2D eigenvalue weighted by molar-refractivity contribution is 8.00. The highest BCUT2D eigenvalue weighted by Gasteiger charge is 2.28. The van der Waals surface area contributed by atoms with E-state index in [0.717, 1.165) is 12.8 Å². The summed E-state index contributed by atoms with van der Waals surface area (Å²) in [6.45, 7) is 4.05. The van der Waals surface area contributed by atoms with Crippen LogP contribution in [0.4, 0.5) is 0 Å². The Balaban J connectivity index is 2.06. The van der Waals surface area contributed by atoms with E-state index in [1.165, 1.54) is 10.5 Å². The Hall–Kier alpha value is -0.940. The summed E-state index contributed by atoms with van der Waals surface area (Å²) < 4.78 is 0. The summed E-state index contributed by atoms with van der Waals surface area (Å²) in [6, 6.07) is 10.9. The van der Waals surface area contributed by atoms with Gasteiger partial charge in [-0.05, 0) is 38.3 Å². The molecule has 1 aromatic rings. The first-order valence-corrected chi connectivity index (χ1v) is 6.14. The van der Waals surface area contributed by atoms with Gasteiger partial charge in [-0.2, -0.15) is 5.26 Å². The Morgan fingerprint density at radius 1 is 1.47 bits per heavy atom. The minimum Gasteiger partial charge on any atom is -0.198 e. The first-order chi connectivity index (χ1) is 7.11. The van der Waals surface area contributed by atoms with Crippen molar-refractivity contribution in [2.45, 2.75) is 36.8 Å². The average molecular weight is 217 g/mol. The number of benzene rings is 1. The molecule has 0 N–H and O–H groups in total. The van der Waals surface area contributed by atoms with Crippen LogP contribution in [-0.4, -0.2) is 5.25 Å². The van der Waals surface area contributed by atoms with Crippen LogP contribution in [0, 0.1) is 16.7 Å². The Kier molecular flexibility index (Phi) is 2.75. The fourth-order valence-corrected chi connectivity index (χ4v) is 3.56. The zero-order valence-electron chi connectivity index (χ0n) is 9.16. The van der Waals surface area contributed by atoms with Crippen molar-refractivity contribution in [2.75, 3.05) is 0 Å². The van der Waals surface area contributed by atoms with Crippen molar-refractivity contribution in [3.8, 4) is 6.07 Å². The molecule has 0 radical (unpaired) electrons. The van der Waals surface area contributed by atoms with Crippen LogP contribution in [0.15, 0.2) is 29.2 Å². The van der Waals surface area contributed by atoms with Gasteiger partial charge in [-0.25, -0.2) is 0 Å². The van der Waals surface area contributed by atoms with Crippen molar-refractivity contribution in [1.82, 2.24) is 0 Å². The van der Waals surface area contributed by atoms with Crippen molar-refractivity contribution in [3.05, 3.63) is 29.8 Å². The molecular formula is C13H15NS. The lowest BCUT2D eigenvalue weighted by Gasteiger charge is -2.18. The molecule has 1 aromatic carbocycles. The molecule has 1 nitrogen and oxygen atoms in total. The number of hydrogen-bond acceptors (Lipinski definition) is 2. The number of rotatable bonds is 2. The van der Waals surface area contributed by atoms with Crippen LogP contribution in [0.5, 0.6) is 0 Å². The van der Waals surface area contributed by atoms with Crippen LogP contribution in [-0.2, 0) is 6.42 Å². The topological polar surface area (TPSA) is 23.8 Å². The highest BCUT2D eigenvalue weighted by Crippen LogP contribution is 2.41. The molecule has 0 spiro atoms. The molecule has 78 valence electrons.